The van der Waals surface area contributed by atoms with Gasteiger partial charge >= 0.3 is 5.97 Å². The van der Waals surface area contributed by atoms with Crippen molar-refractivity contribution in [1.29, 1.82) is 0 Å². The van der Waals surface area contributed by atoms with Crippen molar-refractivity contribution in [2.45, 2.75) is 109 Å². The summed E-state index contributed by atoms with van der Waals surface area (Å²) in [6, 6.07) is 0. The third-order valence-corrected chi connectivity index (χ3v) is 4.07. The zero-order valence-electron chi connectivity index (χ0n) is 14.0. The Kier molecular flexibility index (Phi) is 15.4. The Hall–Kier alpha value is -0.570. The van der Waals surface area contributed by atoms with E-state index >= 15 is 0 Å². The smallest absolute Gasteiger partial charge is 0.303 e. The van der Waals surface area contributed by atoms with Crippen molar-refractivity contribution < 1.29 is 15.0 Å². The van der Waals surface area contributed by atoms with Gasteiger partial charge in [-0.1, -0.05) is 77.6 Å². The Balaban J connectivity index is 3.14. The topological polar surface area (TPSA) is 57.5 Å². The Labute approximate surface area is 131 Å². The number of carboxylic acids is 1. The predicted molar refractivity (Wildman–Crippen MR) is 88.6 cm³/mol. The molecule has 0 radical (unpaired) electrons. The second-order valence-corrected chi connectivity index (χ2v) is 6.26. The maximum atomic E-state index is 10.4. The zero-order chi connectivity index (χ0) is 15.8. The molecule has 0 fully saturated rings. The minimum absolute atomic E-state index is 0.227. The molecule has 3 heteroatoms. The number of unbranched alkanes of at least 4 members (excludes halogenated alkanes) is 10. The van der Waals surface area contributed by atoms with E-state index in [1.807, 2.05) is 0 Å². The quantitative estimate of drug-likeness (QED) is 0.380. The van der Waals surface area contributed by atoms with E-state index in [4.69, 9.17) is 5.11 Å². The summed E-state index contributed by atoms with van der Waals surface area (Å²) in [5, 5.41) is 18.3. The van der Waals surface area contributed by atoms with Crippen molar-refractivity contribution in [2.75, 3.05) is 0 Å². The molecular formula is C18H36O3. The van der Waals surface area contributed by atoms with Crippen molar-refractivity contribution in [2.24, 2.45) is 0 Å². The lowest BCUT2D eigenvalue weighted by molar-refractivity contribution is -0.137. The van der Waals surface area contributed by atoms with Crippen LogP contribution in [0.5, 0.6) is 0 Å². The maximum absolute atomic E-state index is 10.4. The van der Waals surface area contributed by atoms with Crippen LogP contribution in [0.1, 0.15) is 103 Å². The van der Waals surface area contributed by atoms with E-state index in [-0.39, 0.29) is 12.5 Å². The number of rotatable bonds is 16. The normalized spacial score (nSPS) is 12.5. The molecule has 0 saturated heterocycles. The first kappa shape index (κ1) is 20.4. The molecule has 2 N–H and O–H groups in total. The van der Waals surface area contributed by atoms with E-state index in [9.17, 15) is 9.90 Å². The number of hydrogen-bond acceptors (Lipinski definition) is 2. The largest absolute Gasteiger partial charge is 0.481 e. The molecule has 126 valence electrons. The van der Waals surface area contributed by atoms with Crippen LogP contribution < -0.4 is 0 Å². The first-order valence-corrected chi connectivity index (χ1v) is 9.06. The Morgan fingerprint density at radius 3 is 1.67 bits per heavy atom. The second-order valence-electron chi connectivity index (χ2n) is 6.26. The van der Waals surface area contributed by atoms with Crippen LogP contribution in [0.3, 0.4) is 0 Å². The van der Waals surface area contributed by atoms with E-state index in [1.54, 1.807) is 0 Å². The first-order valence-electron chi connectivity index (χ1n) is 9.06. The highest BCUT2D eigenvalue weighted by Crippen LogP contribution is 2.14. The third kappa shape index (κ3) is 17.4. The molecule has 0 aromatic heterocycles. The van der Waals surface area contributed by atoms with Gasteiger partial charge in [-0.15, -0.1) is 0 Å². The number of hydrogen-bond donors (Lipinski definition) is 2. The highest BCUT2D eigenvalue weighted by atomic mass is 16.4. The van der Waals surface area contributed by atoms with E-state index in [0.29, 0.717) is 6.42 Å². The molecule has 0 bridgehead atoms. The van der Waals surface area contributed by atoms with Gasteiger partial charge in [0.15, 0.2) is 0 Å². The molecule has 0 amide bonds. The second kappa shape index (κ2) is 15.8. The van der Waals surface area contributed by atoms with Crippen LogP contribution in [-0.4, -0.2) is 22.3 Å². The van der Waals surface area contributed by atoms with Crippen molar-refractivity contribution in [3.8, 4) is 0 Å². The molecule has 0 rings (SSSR count). The minimum Gasteiger partial charge on any atom is -0.481 e. The standard InChI is InChI=1S/C18H36O3/c1-2-3-4-5-6-7-8-9-10-11-14-17(19)15-12-13-16-18(20)21/h17,19H,2-16H2,1H3,(H,20,21). The van der Waals surface area contributed by atoms with Gasteiger partial charge < -0.3 is 10.2 Å². The molecule has 0 aromatic carbocycles. The summed E-state index contributed by atoms with van der Waals surface area (Å²) in [6.45, 7) is 2.25. The average molecular weight is 300 g/mol. The lowest BCUT2D eigenvalue weighted by atomic mass is 10.0. The van der Waals surface area contributed by atoms with Crippen molar-refractivity contribution in [1.82, 2.24) is 0 Å². The monoisotopic (exact) mass is 300 g/mol. The molecule has 0 heterocycles. The third-order valence-electron chi connectivity index (χ3n) is 4.07. The summed E-state index contributed by atoms with van der Waals surface area (Å²) in [5.41, 5.74) is 0. The van der Waals surface area contributed by atoms with E-state index in [0.717, 1.165) is 25.7 Å². The van der Waals surface area contributed by atoms with E-state index in [1.165, 1.54) is 57.8 Å². The van der Waals surface area contributed by atoms with Gasteiger partial charge in [0.1, 0.15) is 0 Å². The molecule has 0 aliphatic carbocycles. The fourth-order valence-corrected chi connectivity index (χ4v) is 2.67. The van der Waals surface area contributed by atoms with Gasteiger partial charge in [0.2, 0.25) is 0 Å². The lowest BCUT2D eigenvalue weighted by Crippen LogP contribution is -2.06. The van der Waals surface area contributed by atoms with Gasteiger partial charge in [0, 0.05) is 6.42 Å². The summed E-state index contributed by atoms with van der Waals surface area (Å²) in [7, 11) is 0. The number of aliphatic hydroxyl groups excluding tert-OH is 1. The highest BCUT2D eigenvalue weighted by Gasteiger charge is 2.04. The molecule has 1 atom stereocenters. The van der Waals surface area contributed by atoms with E-state index in [2.05, 4.69) is 6.92 Å². The van der Waals surface area contributed by atoms with Crippen LogP contribution in [0.15, 0.2) is 0 Å². The predicted octanol–water partition coefficient (Wildman–Crippen LogP) is 5.30. The Bertz CT molecular complexity index is 229. The fourth-order valence-electron chi connectivity index (χ4n) is 2.67. The lowest BCUT2D eigenvalue weighted by Gasteiger charge is -2.09. The number of carbonyl (C=O) groups is 1. The summed E-state index contributed by atoms with van der Waals surface area (Å²) in [6.07, 6.45) is 16.3. The minimum atomic E-state index is -0.737. The van der Waals surface area contributed by atoms with Gasteiger partial charge in [-0.2, -0.15) is 0 Å². The van der Waals surface area contributed by atoms with Crippen molar-refractivity contribution in [3.63, 3.8) is 0 Å². The van der Waals surface area contributed by atoms with Gasteiger partial charge in [0.05, 0.1) is 6.10 Å². The van der Waals surface area contributed by atoms with Crippen molar-refractivity contribution >= 4 is 5.97 Å². The number of carboxylic acid groups (broad SMARTS) is 1. The average Bonchev–Trinajstić information content (AvgIpc) is 2.45. The van der Waals surface area contributed by atoms with Crippen LogP contribution in [0, 0.1) is 0 Å². The molecule has 0 aromatic rings. The van der Waals surface area contributed by atoms with E-state index < -0.39 is 5.97 Å². The number of aliphatic carboxylic acids is 1. The SMILES string of the molecule is CCCCCCCCCCCCC(O)CCCCC(=O)O. The van der Waals surface area contributed by atoms with Crippen LogP contribution in [0.4, 0.5) is 0 Å². The van der Waals surface area contributed by atoms with Crippen LogP contribution in [0.25, 0.3) is 0 Å². The van der Waals surface area contributed by atoms with Crippen LogP contribution in [0.2, 0.25) is 0 Å². The molecular weight excluding hydrogens is 264 g/mol. The van der Waals surface area contributed by atoms with Gasteiger partial charge in [-0.3, -0.25) is 4.79 Å². The van der Waals surface area contributed by atoms with Gasteiger partial charge in [0.25, 0.3) is 0 Å². The summed E-state index contributed by atoms with van der Waals surface area (Å²) in [4.78, 5) is 10.4. The molecule has 0 aliphatic heterocycles. The first-order chi connectivity index (χ1) is 10.2. The van der Waals surface area contributed by atoms with Crippen molar-refractivity contribution in [3.05, 3.63) is 0 Å². The van der Waals surface area contributed by atoms with Crippen LogP contribution in [-0.2, 0) is 4.79 Å². The molecule has 0 aliphatic rings. The Morgan fingerprint density at radius 2 is 1.19 bits per heavy atom. The van der Waals surface area contributed by atoms with Gasteiger partial charge in [-0.05, 0) is 19.3 Å². The number of aliphatic hydroxyl groups is 1. The fraction of sp³-hybridized carbons (Fsp3) is 0.944. The Morgan fingerprint density at radius 1 is 0.762 bits per heavy atom. The maximum Gasteiger partial charge on any atom is 0.303 e. The molecule has 21 heavy (non-hydrogen) atoms. The molecule has 3 nitrogen and oxygen atoms in total. The summed E-state index contributed by atoms with van der Waals surface area (Å²) in [5.74, 6) is -0.737. The van der Waals surface area contributed by atoms with Gasteiger partial charge in [-0.25, -0.2) is 0 Å². The highest BCUT2D eigenvalue weighted by molar-refractivity contribution is 5.66. The molecule has 1 unspecified atom stereocenters. The summed E-state index contributed by atoms with van der Waals surface area (Å²) >= 11 is 0. The zero-order valence-corrected chi connectivity index (χ0v) is 14.0. The molecule has 0 saturated carbocycles. The summed E-state index contributed by atoms with van der Waals surface area (Å²) < 4.78 is 0. The molecule has 0 spiro atoms. The van der Waals surface area contributed by atoms with Crippen LogP contribution >= 0.6 is 0 Å².